The first-order valence-electron chi connectivity index (χ1n) is 16.1. The first kappa shape index (κ1) is 37.3. The van der Waals surface area contributed by atoms with Crippen LogP contribution in [0, 0.1) is 6.92 Å². The second kappa shape index (κ2) is 15.0. The molecule has 0 unspecified atom stereocenters. The molecule has 1 saturated heterocycles. The van der Waals surface area contributed by atoms with Gasteiger partial charge in [-0.3, -0.25) is 9.69 Å². The zero-order valence-corrected chi connectivity index (χ0v) is 28.0. The number of alkyl halides is 6. The Kier molecular flexibility index (Phi) is 11.4. The number of halogens is 6. The number of primary amides is 1. The predicted molar refractivity (Wildman–Crippen MR) is 175 cm³/mol. The van der Waals surface area contributed by atoms with Gasteiger partial charge in [0.15, 0.2) is 0 Å². The van der Waals surface area contributed by atoms with E-state index < -0.39 is 47.6 Å². The largest absolute Gasteiger partial charge is 0.496 e. The van der Waals surface area contributed by atoms with Crippen molar-refractivity contribution in [2.75, 3.05) is 13.7 Å². The lowest BCUT2D eigenvalue weighted by atomic mass is 9.88. The predicted octanol–water partition coefficient (Wildman–Crippen LogP) is 10.1. The summed E-state index contributed by atoms with van der Waals surface area (Å²) < 4.78 is 93.1. The molecule has 1 fully saturated rings. The van der Waals surface area contributed by atoms with Crippen LogP contribution < -0.4 is 10.5 Å². The van der Waals surface area contributed by atoms with Crippen LogP contribution in [0.15, 0.2) is 60.2 Å². The number of carbonyl (C=O) groups is 2. The summed E-state index contributed by atoms with van der Waals surface area (Å²) in [6, 6.07) is 11.3. The molecule has 0 aromatic heterocycles. The summed E-state index contributed by atoms with van der Waals surface area (Å²) in [7, 11) is 1.55. The Morgan fingerprint density at radius 3 is 2.10 bits per heavy atom. The lowest BCUT2D eigenvalue weighted by molar-refractivity contribution is -0.143. The van der Waals surface area contributed by atoms with Crippen molar-refractivity contribution in [2.24, 2.45) is 5.73 Å². The number of benzene rings is 3. The highest BCUT2D eigenvalue weighted by atomic mass is 19.4. The van der Waals surface area contributed by atoms with E-state index in [0.717, 1.165) is 46.2 Å². The highest BCUT2D eigenvalue weighted by Crippen LogP contribution is 2.42. The van der Waals surface area contributed by atoms with E-state index in [1.165, 1.54) is 4.90 Å². The Bertz CT molecular complexity index is 1700. The Labute approximate surface area is 281 Å². The molecule has 6 nitrogen and oxygen atoms in total. The van der Waals surface area contributed by atoms with Gasteiger partial charge in [-0.2, -0.15) is 26.3 Å². The molecule has 264 valence electrons. The van der Waals surface area contributed by atoms with E-state index in [2.05, 4.69) is 0 Å². The van der Waals surface area contributed by atoms with Gasteiger partial charge >= 0.3 is 18.4 Å². The molecular weight excluding hydrogens is 650 g/mol. The Balaban J connectivity index is 1.80. The fourth-order valence-corrected chi connectivity index (χ4v) is 6.24. The highest BCUT2D eigenvalue weighted by Gasteiger charge is 2.43. The summed E-state index contributed by atoms with van der Waals surface area (Å²) >= 11 is 0. The van der Waals surface area contributed by atoms with E-state index in [-0.39, 0.29) is 18.2 Å². The van der Waals surface area contributed by atoms with Crippen molar-refractivity contribution in [3.63, 3.8) is 0 Å². The van der Waals surface area contributed by atoms with E-state index in [0.29, 0.717) is 42.7 Å². The molecule has 12 heteroatoms. The van der Waals surface area contributed by atoms with Gasteiger partial charge in [0.25, 0.3) is 0 Å². The number of carbonyl (C=O) groups excluding carboxylic acids is 2. The number of ether oxygens (including phenoxy) is 2. The number of unbranched alkanes of at least 4 members (excludes halogenated alkanes) is 1. The highest BCUT2D eigenvalue weighted by molar-refractivity contribution is 5.94. The Morgan fingerprint density at radius 1 is 0.918 bits per heavy atom. The van der Waals surface area contributed by atoms with Crippen molar-refractivity contribution in [2.45, 2.75) is 84.3 Å². The Morgan fingerprint density at radius 2 is 1.57 bits per heavy atom. The van der Waals surface area contributed by atoms with E-state index in [4.69, 9.17) is 15.2 Å². The lowest BCUT2D eigenvalue weighted by Crippen LogP contribution is -2.34. The van der Waals surface area contributed by atoms with Crippen LogP contribution in [-0.4, -0.2) is 36.6 Å². The number of amides is 2. The molecule has 49 heavy (non-hydrogen) atoms. The molecule has 2 N–H and O–H groups in total. The second-order valence-electron chi connectivity index (χ2n) is 12.3. The van der Waals surface area contributed by atoms with Crippen molar-refractivity contribution in [1.82, 2.24) is 4.90 Å². The molecule has 1 aliphatic rings. The third-order valence-electron chi connectivity index (χ3n) is 8.80. The second-order valence-corrected chi connectivity index (χ2v) is 12.3. The monoisotopic (exact) mass is 690 g/mol. The van der Waals surface area contributed by atoms with Crippen molar-refractivity contribution < 1.29 is 45.4 Å². The standard InChI is InChI=1S/C37H40F6N2O4/c1-6-8-10-30(31-18-23(12-14-32(31)48-5)29-13-11-24(34(44)46)15-21(29)3)25(9-7-2)20-45-22(4)33(49-35(45)47)26-16-27(36(38,39)40)19-28(17-26)37(41,42)43/h11-19,22,33H,6-10,20H2,1-5H3,(H2,44,46)/b30-25-/t22-,33-/m0/s1. The van der Waals surface area contributed by atoms with Crippen LogP contribution in [0.2, 0.25) is 0 Å². The fourth-order valence-electron chi connectivity index (χ4n) is 6.24. The van der Waals surface area contributed by atoms with E-state index >= 15 is 0 Å². The maximum Gasteiger partial charge on any atom is 0.416 e. The minimum Gasteiger partial charge on any atom is -0.496 e. The Hall–Kier alpha value is -4.48. The van der Waals surface area contributed by atoms with Crippen LogP contribution >= 0.6 is 0 Å². The topological polar surface area (TPSA) is 81.9 Å². The van der Waals surface area contributed by atoms with E-state index in [1.54, 1.807) is 26.2 Å². The first-order chi connectivity index (χ1) is 23.0. The van der Waals surface area contributed by atoms with Gasteiger partial charge in [0, 0.05) is 17.7 Å². The third kappa shape index (κ3) is 8.40. The van der Waals surface area contributed by atoms with Crippen molar-refractivity contribution in [3.05, 3.63) is 93.6 Å². The average Bonchev–Trinajstić information content (AvgIpc) is 3.32. The summed E-state index contributed by atoms with van der Waals surface area (Å²) in [5, 5.41) is 0. The fraction of sp³-hybridized carbons (Fsp3) is 0.405. The van der Waals surface area contributed by atoms with Crippen LogP contribution in [0.25, 0.3) is 16.7 Å². The van der Waals surface area contributed by atoms with E-state index in [1.807, 2.05) is 45.0 Å². The van der Waals surface area contributed by atoms with Crippen molar-refractivity contribution >= 4 is 17.6 Å². The van der Waals surface area contributed by atoms with Gasteiger partial charge < -0.3 is 15.2 Å². The molecule has 2 amide bonds. The van der Waals surface area contributed by atoms with Gasteiger partial charge in [0.2, 0.25) is 5.91 Å². The molecule has 0 spiro atoms. The molecule has 0 aliphatic carbocycles. The zero-order chi connectivity index (χ0) is 36.3. The number of cyclic esters (lactones) is 1. The minimum absolute atomic E-state index is 0.0498. The molecular formula is C37H40F6N2O4. The number of methoxy groups -OCH3 is 1. The number of rotatable bonds is 12. The molecule has 0 radical (unpaired) electrons. The number of hydrogen-bond acceptors (Lipinski definition) is 4. The molecule has 3 aromatic rings. The number of nitrogens with two attached hydrogens (primary N) is 1. The molecule has 1 aliphatic heterocycles. The zero-order valence-electron chi connectivity index (χ0n) is 28.0. The van der Waals surface area contributed by atoms with Crippen LogP contribution in [0.1, 0.15) is 97.2 Å². The van der Waals surface area contributed by atoms with Gasteiger partial charge in [0.05, 0.1) is 24.3 Å². The van der Waals surface area contributed by atoms with Gasteiger partial charge in [-0.15, -0.1) is 0 Å². The first-order valence-corrected chi connectivity index (χ1v) is 16.1. The summed E-state index contributed by atoms with van der Waals surface area (Å²) in [5.41, 5.74) is 7.68. The molecule has 2 atom stereocenters. The summed E-state index contributed by atoms with van der Waals surface area (Å²) in [6.07, 6.45) is -8.74. The summed E-state index contributed by atoms with van der Waals surface area (Å²) in [6.45, 7) is 7.50. The number of allylic oxidation sites excluding steroid dienone is 1. The summed E-state index contributed by atoms with van der Waals surface area (Å²) in [5.74, 6) is 0.0539. The number of hydrogen-bond donors (Lipinski definition) is 1. The SMILES string of the molecule is CCCC/C(=C(\CCC)CN1C(=O)O[C@H](c2cc(C(F)(F)F)cc(C(F)(F)F)c2)[C@@H]1C)c1cc(-c2ccc(C(N)=O)cc2C)ccc1OC. The van der Waals surface area contributed by atoms with Crippen LogP contribution in [0.3, 0.4) is 0 Å². The molecule has 0 saturated carbocycles. The quantitative estimate of drug-likeness (QED) is 0.192. The van der Waals surface area contributed by atoms with Crippen LogP contribution in [-0.2, 0) is 17.1 Å². The molecule has 3 aromatic carbocycles. The molecule has 1 heterocycles. The third-order valence-corrected chi connectivity index (χ3v) is 8.80. The van der Waals surface area contributed by atoms with Gasteiger partial charge in [-0.25, -0.2) is 4.79 Å². The smallest absolute Gasteiger partial charge is 0.416 e. The normalized spacial score (nSPS) is 17.2. The van der Waals surface area contributed by atoms with Gasteiger partial charge in [0.1, 0.15) is 11.9 Å². The average molecular weight is 691 g/mol. The minimum atomic E-state index is -5.04. The van der Waals surface area contributed by atoms with Crippen LogP contribution in [0.4, 0.5) is 31.1 Å². The molecule has 4 rings (SSSR count). The van der Waals surface area contributed by atoms with Crippen molar-refractivity contribution in [3.8, 4) is 16.9 Å². The van der Waals surface area contributed by atoms with Crippen LogP contribution in [0.5, 0.6) is 5.75 Å². The van der Waals surface area contributed by atoms with E-state index in [9.17, 15) is 35.9 Å². The van der Waals surface area contributed by atoms with Crippen molar-refractivity contribution in [1.29, 1.82) is 0 Å². The maximum absolute atomic E-state index is 13.6. The maximum atomic E-state index is 13.6. The molecule has 0 bridgehead atoms. The summed E-state index contributed by atoms with van der Waals surface area (Å²) in [4.78, 5) is 26.4. The number of aryl methyl sites for hydroxylation is 1. The van der Waals surface area contributed by atoms with Gasteiger partial charge in [-0.1, -0.05) is 38.8 Å². The lowest BCUT2D eigenvalue weighted by Gasteiger charge is -2.26. The number of nitrogens with zero attached hydrogens (tertiary/aromatic N) is 1. The van der Waals surface area contributed by atoms with Gasteiger partial charge in [-0.05, 0) is 109 Å².